The Morgan fingerprint density at radius 3 is 2.47 bits per heavy atom. The molecule has 1 fully saturated rings. The molecule has 98 valence electrons. The van der Waals surface area contributed by atoms with Gasteiger partial charge >= 0.3 is 12.0 Å². The van der Waals surface area contributed by atoms with Crippen molar-refractivity contribution in [3.63, 3.8) is 0 Å². The van der Waals surface area contributed by atoms with Crippen LogP contribution < -0.4 is 10.6 Å². The Morgan fingerprint density at radius 1 is 1.41 bits per heavy atom. The Hall–Kier alpha value is -0.910. The first-order valence-corrected chi connectivity index (χ1v) is 7.04. The second-order valence-electron chi connectivity index (χ2n) is 4.48. The lowest BCUT2D eigenvalue weighted by Gasteiger charge is -2.27. The zero-order valence-corrected chi connectivity index (χ0v) is 11.1. The van der Waals surface area contributed by atoms with Crippen molar-refractivity contribution >= 4 is 23.8 Å². The van der Waals surface area contributed by atoms with Crippen LogP contribution in [0.25, 0.3) is 0 Å². The van der Waals surface area contributed by atoms with E-state index in [-0.39, 0.29) is 4.75 Å². The molecule has 0 aromatic heterocycles. The average molecular weight is 260 g/mol. The Morgan fingerprint density at radius 2 is 2.00 bits per heavy atom. The van der Waals surface area contributed by atoms with E-state index >= 15 is 0 Å². The summed E-state index contributed by atoms with van der Waals surface area (Å²) in [4.78, 5) is 22.0. The summed E-state index contributed by atoms with van der Waals surface area (Å²) in [5.74, 6) is -1.03. The molecule has 0 unspecified atom stereocenters. The van der Waals surface area contributed by atoms with Gasteiger partial charge in [-0.3, -0.25) is 4.79 Å². The molecule has 0 saturated heterocycles. The van der Waals surface area contributed by atoms with Crippen LogP contribution in [-0.2, 0) is 4.79 Å². The van der Waals surface area contributed by atoms with Gasteiger partial charge in [0.1, 0.15) is 6.04 Å². The van der Waals surface area contributed by atoms with Crippen molar-refractivity contribution in [2.75, 3.05) is 12.8 Å². The van der Waals surface area contributed by atoms with E-state index in [2.05, 4.69) is 16.9 Å². The number of carbonyl (C=O) groups is 2. The number of carbonyl (C=O) groups excluding carboxylic acids is 1. The number of aliphatic carboxylic acids is 1. The van der Waals surface area contributed by atoms with Crippen molar-refractivity contribution in [2.24, 2.45) is 0 Å². The van der Waals surface area contributed by atoms with Gasteiger partial charge in [-0.1, -0.05) is 12.8 Å². The summed E-state index contributed by atoms with van der Waals surface area (Å²) < 4.78 is 0.143. The summed E-state index contributed by atoms with van der Waals surface area (Å²) in [6, 6.07) is -1.26. The van der Waals surface area contributed by atoms with E-state index in [9.17, 15) is 9.59 Å². The number of hydrogen-bond donors (Lipinski definition) is 3. The van der Waals surface area contributed by atoms with E-state index < -0.39 is 18.0 Å². The number of amides is 2. The van der Waals surface area contributed by atoms with Crippen LogP contribution in [0.5, 0.6) is 0 Å². The van der Waals surface area contributed by atoms with Gasteiger partial charge in [0.15, 0.2) is 0 Å². The highest BCUT2D eigenvalue weighted by Crippen LogP contribution is 2.39. The van der Waals surface area contributed by atoms with Crippen LogP contribution in [0.15, 0.2) is 0 Å². The first kappa shape index (κ1) is 14.2. The number of urea groups is 1. The molecule has 1 aliphatic rings. The molecule has 0 bridgehead atoms. The zero-order valence-electron chi connectivity index (χ0n) is 10.3. The van der Waals surface area contributed by atoms with E-state index in [0.717, 1.165) is 12.8 Å². The highest BCUT2D eigenvalue weighted by Gasteiger charge is 2.33. The second-order valence-corrected chi connectivity index (χ2v) is 5.76. The topological polar surface area (TPSA) is 78.4 Å². The van der Waals surface area contributed by atoms with Gasteiger partial charge in [0.05, 0.1) is 0 Å². The van der Waals surface area contributed by atoms with Crippen molar-refractivity contribution < 1.29 is 14.7 Å². The molecule has 1 aliphatic carbocycles. The van der Waals surface area contributed by atoms with Gasteiger partial charge in [-0.15, -0.1) is 0 Å². The molecular weight excluding hydrogens is 240 g/mol. The third-order valence-corrected chi connectivity index (χ3v) is 4.66. The molecule has 17 heavy (non-hydrogen) atoms. The zero-order chi connectivity index (χ0) is 12.9. The maximum absolute atomic E-state index is 11.5. The molecule has 0 aromatic carbocycles. The summed E-state index contributed by atoms with van der Waals surface area (Å²) in [6.07, 6.45) is 6.70. The monoisotopic (exact) mass is 260 g/mol. The van der Waals surface area contributed by atoms with Crippen molar-refractivity contribution in [1.82, 2.24) is 10.6 Å². The standard InChI is InChI=1S/C11H20N2O3S/c1-8(9(14)15)13-10(16)12-7-11(17-2)5-3-4-6-11/h8H,3-7H2,1-2H3,(H,14,15)(H2,12,13,16)/t8-/m0/s1. The molecule has 0 radical (unpaired) electrons. The van der Waals surface area contributed by atoms with Crippen LogP contribution in [0.4, 0.5) is 4.79 Å². The maximum atomic E-state index is 11.5. The van der Waals surface area contributed by atoms with Gasteiger partial charge in [-0.25, -0.2) is 4.79 Å². The fourth-order valence-electron chi connectivity index (χ4n) is 2.02. The highest BCUT2D eigenvalue weighted by atomic mass is 32.2. The Bertz CT molecular complexity index is 290. The number of hydrogen-bond acceptors (Lipinski definition) is 3. The number of nitrogens with one attached hydrogen (secondary N) is 2. The predicted molar refractivity (Wildman–Crippen MR) is 68.3 cm³/mol. The fourth-order valence-corrected chi connectivity index (χ4v) is 2.94. The number of carboxylic acid groups (broad SMARTS) is 1. The SMILES string of the molecule is CSC1(CNC(=O)N[C@@H](C)C(=O)O)CCCC1. The highest BCUT2D eigenvalue weighted by molar-refractivity contribution is 8.00. The first-order chi connectivity index (χ1) is 7.99. The molecule has 5 nitrogen and oxygen atoms in total. The smallest absolute Gasteiger partial charge is 0.325 e. The Kier molecular flexibility index (Phi) is 5.11. The van der Waals surface area contributed by atoms with Crippen molar-refractivity contribution in [3.05, 3.63) is 0 Å². The van der Waals surface area contributed by atoms with E-state index in [0.29, 0.717) is 6.54 Å². The third kappa shape index (κ3) is 4.11. The molecule has 1 rings (SSSR count). The lowest BCUT2D eigenvalue weighted by atomic mass is 10.1. The van der Waals surface area contributed by atoms with E-state index in [1.54, 1.807) is 11.8 Å². The first-order valence-electron chi connectivity index (χ1n) is 5.81. The van der Waals surface area contributed by atoms with Crippen molar-refractivity contribution in [3.8, 4) is 0 Å². The average Bonchev–Trinajstić information content (AvgIpc) is 2.75. The molecule has 0 aliphatic heterocycles. The maximum Gasteiger partial charge on any atom is 0.325 e. The second kappa shape index (κ2) is 6.14. The summed E-state index contributed by atoms with van der Waals surface area (Å²) in [5.41, 5.74) is 0. The Labute approximate surface area is 106 Å². The van der Waals surface area contributed by atoms with Crippen LogP contribution in [0.2, 0.25) is 0 Å². The third-order valence-electron chi connectivity index (χ3n) is 3.24. The van der Waals surface area contributed by atoms with Crippen molar-refractivity contribution in [1.29, 1.82) is 0 Å². The molecule has 2 amide bonds. The summed E-state index contributed by atoms with van der Waals surface area (Å²) in [5, 5.41) is 13.8. The normalized spacial score (nSPS) is 19.6. The molecule has 0 heterocycles. The quantitative estimate of drug-likeness (QED) is 0.699. The number of thioether (sulfide) groups is 1. The lowest BCUT2D eigenvalue weighted by molar-refractivity contribution is -0.138. The Balaban J connectivity index is 2.34. The fraction of sp³-hybridized carbons (Fsp3) is 0.818. The molecule has 0 aromatic rings. The summed E-state index contributed by atoms with van der Waals surface area (Å²) in [6.45, 7) is 2.05. The molecule has 1 saturated carbocycles. The van der Waals surface area contributed by atoms with Crippen LogP contribution >= 0.6 is 11.8 Å². The van der Waals surface area contributed by atoms with Crippen molar-refractivity contribution in [2.45, 2.75) is 43.4 Å². The molecule has 6 heteroatoms. The molecular formula is C11H20N2O3S. The van der Waals surface area contributed by atoms with Crippen LogP contribution in [0.3, 0.4) is 0 Å². The van der Waals surface area contributed by atoms with E-state index in [4.69, 9.17) is 5.11 Å². The number of carboxylic acids is 1. The van der Waals surface area contributed by atoms with Crippen LogP contribution in [0, 0.1) is 0 Å². The minimum Gasteiger partial charge on any atom is -0.480 e. The molecule has 1 atom stereocenters. The van der Waals surface area contributed by atoms with Crippen LogP contribution in [0.1, 0.15) is 32.6 Å². The molecule has 3 N–H and O–H groups in total. The van der Waals surface area contributed by atoms with Gasteiger partial charge in [0.2, 0.25) is 0 Å². The van der Waals surface area contributed by atoms with Gasteiger partial charge in [0.25, 0.3) is 0 Å². The minimum absolute atomic E-state index is 0.143. The minimum atomic E-state index is -1.03. The lowest BCUT2D eigenvalue weighted by Crippen LogP contribution is -2.48. The summed E-state index contributed by atoms with van der Waals surface area (Å²) in [7, 11) is 0. The summed E-state index contributed by atoms with van der Waals surface area (Å²) >= 11 is 1.79. The van der Waals surface area contributed by atoms with E-state index in [1.165, 1.54) is 19.8 Å². The van der Waals surface area contributed by atoms with E-state index in [1.807, 2.05) is 0 Å². The van der Waals surface area contributed by atoms with Crippen LogP contribution in [-0.4, -0.2) is 40.7 Å². The largest absolute Gasteiger partial charge is 0.480 e. The van der Waals surface area contributed by atoms with Gasteiger partial charge in [-0.2, -0.15) is 11.8 Å². The predicted octanol–water partition coefficient (Wildman–Crippen LogP) is 1.43. The van der Waals surface area contributed by atoms with Gasteiger partial charge < -0.3 is 15.7 Å². The van der Waals surface area contributed by atoms with Gasteiger partial charge in [0, 0.05) is 11.3 Å². The molecule has 0 spiro atoms. The number of rotatable bonds is 5. The van der Waals surface area contributed by atoms with Gasteiger partial charge in [-0.05, 0) is 26.0 Å².